The van der Waals surface area contributed by atoms with Crippen molar-refractivity contribution in [3.05, 3.63) is 45.8 Å². The van der Waals surface area contributed by atoms with Crippen LogP contribution in [0.25, 0.3) is 0 Å². The normalized spacial score (nSPS) is 10.2. The van der Waals surface area contributed by atoms with Crippen LogP contribution in [-0.4, -0.2) is 17.1 Å². The molecule has 2 rings (SSSR count). The van der Waals surface area contributed by atoms with Crippen LogP contribution in [0.4, 0.5) is 5.82 Å². The Morgan fingerprint density at radius 2 is 2.00 bits per heavy atom. The molecule has 0 saturated heterocycles. The molecule has 18 heavy (non-hydrogen) atoms. The van der Waals surface area contributed by atoms with Crippen LogP contribution in [-0.2, 0) is 6.54 Å². The summed E-state index contributed by atoms with van der Waals surface area (Å²) >= 11 is 9.22. The minimum atomic E-state index is 0.391. The van der Waals surface area contributed by atoms with E-state index in [1.807, 2.05) is 24.3 Å². The highest BCUT2D eigenvalue weighted by Gasteiger charge is 2.05. The van der Waals surface area contributed by atoms with Crippen LogP contribution >= 0.6 is 27.5 Å². The third-order valence-electron chi connectivity index (χ3n) is 2.37. The molecule has 1 heterocycles. The number of nitrogens with zero attached hydrogens (tertiary/aromatic N) is 2. The Hall–Kier alpha value is -1.33. The van der Waals surface area contributed by atoms with Gasteiger partial charge in [-0.15, -0.1) is 0 Å². The highest BCUT2D eigenvalue weighted by molar-refractivity contribution is 9.10. The summed E-state index contributed by atoms with van der Waals surface area (Å²) in [5.41, 5.74) is 1.12. The first-order valence-electron chi connectivity index (χ1n) is 5.23. The van der Waals surface area contributed by atoms with Crippen molar-refractivity contribution in [1.82, 2.24) is 9.97 Å². The molecular weight excluding hydrogens is 318 g/mol. The van der Waals surface area contributed by atoms with Crippen LogP contribution in [0, 0.1) is 0 Å². The number of hydrogen-bond donors (Lipinski definition) is 1. The van der Waals surface area contributed by atoms with Gasteiger partial charge in [0.1, 0.15) is 23.0 Å². The highest BCUT2D eigenvalue weighted by Crippen LogP contribution is 2.26. The van der Waals surface area contributed by atoms with Crippen LogP contribution in [0.5, 0.6) is 5.75 Å². The Bertz CT molecular complexity index is 533. The van der Waals surface area contributed by atoms with Crippen molar-refractivity contribution in [2.75, 3.05) is 12.4 Å². The van der Waals surface area contributed by atoms with E-state index >= 15 is 0 Å². The van der Waals surface area contributed by atoms with Gasteiger partial charge in [-0.1, -0.05) is 23.7 Å². The minimum absolute atomic E-state index is 0.391. The van der Waals surface area contributed by atoms with E-state index in [0.29, 0.717) is 22.0 Å². The van der Waals surface area contributed by atoms with Gasteiger partial charge in [0.25, 0.3) is 0 Å². The number of methoxy groups -OCH3 is 1. The standard InChI is InChI=1S/C12H11BrClN3O/c1-18-9-4-2-8(3-5-9)6-15-12-10(13)11(14)16-7-17-12/h2-5,7H,6H2,1H3,(H,15,16,17). The fourth-order valence-corrected chi connectivity index (χ4v) is 1.88. The number of hydrogen-bond acceptors (Lipinski definition) is 4. The van der Waals surface area contributed by atoms with Crippen molar-refractivity contribution in [3.63, 3.8) is 0 Å². The molecule has 2 aromatic rings. The SMILES string of the molecule is COc1ccc(CNc2ncnc(Cl)c2Br)cc1. The average Bonchev–Trinajstić information content (AvgIpc) is 2.41. The van der Waals surface area contributed by atoms with E-state index in [1.54, 1.807) is 7.11 Å². The van der Waals surface area contributed by atoms with Crippen LogP contribution in [0.2, 0.25) is 5.15 Å². The van der Waals surface area contributed by atoms with Crippen molar-refractivity contribution >= 4 is 33.3 Å². The van der Waals surface area contributed by atoms with Crippen molar-refractivity contribution < 1.29 is 4.74 Å². The number of nitrogens with one attached hydrogen (secondary N) is 1. The molecule has 0 saturated carbocycles. The number of halogens is 2. The van der Waals surface area contributed by atoms with Gasteiger partial charge >= 0.3 is 0 Å². The van der Waals surface area contributed by atoms with Crippen LogP contribution < -0.4 is 10.1 Å². The molecule has 4 nitrogen and oxygen atoms in total. The van der Waals surface area contributed by atoms with E-state index in [4.69, 9.17) is 16.3 Å². The summed E-state index contributed by atoms with van der Waals surface area (Å²) in [6, 6.07) is 7.81. The molecule has 0 aliphatic rings. The molecule has 0 fully saturated rings. The zero-order chi connectivity index (χ0) is 13.0. The van der Waals surface area contributed by atoms with Crippen LogP contribution in [0.3, 0.4) is 0 Å². The molecule has 1 aromatic carbocycles. The van der Waals surface area contributed by atoms with Gasteiger partial charge in [-0.05, 0) is 33.6 Å². The summed E-state index contributed by atoms with van der Waals surface area (Å²) < 4.78 is 5.77. The van der Waals surface area contributed by atoms with Crippen molar-refractivity contribution in [2.45, 2.75) is 6.54 Å². The third kappa shape index (κ3) is 3.11. The molecule has 6 heteroatoms. The second kappa shape index (κ2) is 6.02. The van der Waals surface area contributed by atoms with Gasteiger partial charge in [0.15, 0.2) is 0 Å². The predicted molar refractivity (Wildman–Crippen MR) is 75.1 cm³/mol. The number of rotatable bonds is 4. The minimum Gasteiger partial charge on any atom is -0.497 e. The van der Waals surface area contributed by atoms with Gasteiger partial charge in [0.2, 0.25) is 0 Å². The molecule has 0 aliphatic carbocycles. The monoisotopic (exact) mass is 327 g/mol. The molecular formula is C12H11BrClN3O. The molecule has 0 unspecified atom stereocenters. The first-order chi connectivity index (χ1) is 8.70. The van der Waals surface area contributed by atoms with Crippen molar-refractivity contribution in [1.29, 1.82) is 0 Å². The Morgan fingerprint density at radius 1 is 1.28 bits per heavy atom. The lowest BCUT2D eigenvalue weighted by molar-refractivity contribution is 0.414. The molecule has 1 N–H and O–H groups in total. The fraction of sp³-hybridized carbons (Fsp3) is 0.167. The van der Waals surface area contributed by atoms with E-state index in [2.05, 4.69) is 31.2 Å². The smallest absolute Gasteiger partial charge is 0.148 e. The van der Waals surface area contributed by atoms with Gasteiger partial charge in [0, 0.05) is 6.54 Å². The zero-order valence-corrected chi connectivity index (χ0v) is 12.0. The van der Waals surface area contributed by atoms with Gasteiger partial charge in [-0.25, -0.2) is 9.97 Å². The summed E-state index contributed by atoms with van der Waals surface area (Å²) in [4.78, 5) is 7.98. The first kappa shape index (κ1) is 13.1. The van der Waals surface area contributed by atoms with Crippen LogP contribution in [0.15, 0.2) is 35.1 Å². The lowest BCUT2D eigenvalue weighted by Gasteiger charge is -2.08. The summed E-state index contributed by atoms with van der Waals surface area (Å²) in [6.07, 6.45) is 1.42. The Balaban J connectivity index is 2.04. The van der Waals surface area contributed by atoms with Crippen LogP contribution in [0.1, 0.15) is 5.56 Å². The molecule has 0 spiro atoms. The number of aromatic nitrogens is 2. The highest BCUT2D eigenvalue weighted by atomic mass is 79.9. The molecule has 0 atom stereocenters. The number of benzene rings is 1. The van der Waals surface area contributed by atoms with E-state index < -0.39 is 0 Å². The van der Waals surface area contributed by atoms with Gasteiger partial charge in [-0.2, -0.15) is 0 Å². The van der Waals surface area contributed by atoms with E-state index in [0.717, 1.165) is 11.3 Å². The fourth-order valence-electron chi connectivity index (χ4n) is 1.40. The second-order valence-corrected chi connectivity index (χ2v) is 4.68. The summed E-state index contributed by atoms with van der Waals surface area (Å²) in [5.74, 6) is 1.51. The number of anilines is 1. The molecule has 94 valence electrons. The van der Waals surface area contributed by atoms with Crippen molar-refractivity contribution in [2.24, 2.45) is 0 Å². The molecule has 0 amide bonds. The quantitative estimate of drug-likeness (QED) is 0.873. The maximum absolute atomic E-state index is 5.88. The van der Waals surface area contributed by atoms with Gasteiger partial charge in [-0.3, -0.25) is 0 Å². The lowest BCUT2D eigenvalue weighted by Crippen LogP contribution is -2.02. The van der Waals surface area contributed by atoms with E-state index in [1.165, 1.54) is 6.33 Å². The van der Waals surface area contributed by atoms with Gasteiger partial charge in [0.05, 0.1) is 11.6 Å². The number of ether oxygens (including phenoxy) is 1. The third-order valence-corrected chi connectivity index (χ3v) is 3.63. The maximum Gasteiger partial charge on any atom is 0.148 e. The van der Waals surface area contributed by atoms with E-state index in [9.17, 15) is 0 Å². The predicted octanol–water partition coefficient (Wildman–Crippen LogP) is 3.51. The lowest BCUT2D eigenvalue weighted by atomic mass is 10.2. The summed E-state index contributed by atoms with van der Waals surface area (Å²) in [6.45, 7) is 0.649. The Labute approximate surface area is 118 Å². The second-order valence-electron chi connectivity index (χ2n) is 3.53. The molecule has 0 bridgehead atoms. The Kier molecular flexibility index (Phi) is 4.38. The largest absolute Gasteiger partial charge is 0.497 e. The first-order valence-corrected chi connectivity index (χ1v) is 6.40. The summed E-state index contributed by atoms with van der Waals surface area (Å²) in [7, 11) is 1.65. The zero-order valence-electron chi connectivity index (χ0n) is 9.65. The Morgan fingerprint density at radius 3 is 2.67 bits per heavy atom. The molecule has 0 aliphatic heterocycles. The van der Waals surface area contributed by atoms with Gasteiger partial charge < -0.3 is 10.1 Å². The topological polar surface area (TPSA) is 47.0 Å². The maximum atomic E-state index is 5.88. The molecule has 1 aromatic heterocycles. The average molecular weight is 329 g/mol. The van der Waals surface area contributed by atoms with Crippen molar-refractivity contribution in [3.8, 4) is 5.75 Å². The summed E-state index contributed by atoms with van der Waals surface area (Å²) in [5, 5.41) is 3.58. The molecule has 0 radical (unpaired) electrons. The van der Waals surface area contributed by atoms with E-state index in [-0.39, 0.29) is 0 Å².